The van der Waals surface area contributed by atoms with Crippen molar-refractivity contribution in [3.05, 3.63) is 35.3 Å². The molecule has 3 rings (SSSR count). The number of sulfone groups is 1. The molecule has 116 valence electrons. The van der Waals surface area contributed by atoms with E-state index in [1.807, 2.05) is 0 Å². The number of thiazole rings is 1. The molecule has 0 spiro atoms. The molecule has 8 heteroatoms. The van der Waals surface area contributed by atoms with Crippen LogP contribution in [-0.4, -0.2) is 31.6 Å². The van der Waals surface area contributed by atoms with Gasteiger partial charge in [-0.15, -0.1) is 11.3 Å². The molecule has 0 radical (unpaired) electrons. The predicted octanol–water partition coefficient (Wildman–Crippen LogP) is 2.18. The predicted molar refractivity (Wildman–Crippen MR) is 85.4 cm³/mol. The molecule has 1 aliphatic carbocycles. The fraction of sp³-hybridized carbons (Fsp3) is 0.286. The van der Waals surface area contributed by atoms with Crippen molar-refractivity contribution < 1.29 is 13.2 Å². The molecule has 0 unspecified atom stereocenters. The average molecular weight is 337 g/mol. The first-order valence-corrected chi connectivity index (χ1v) is 9.52. The molecule has 1 aromatic heterocycles. The number of hydrogen-bond acceptors (Lipinski definition) is 6. The summed E-state index contributed by atoms with van der Waals surface area (Å²) < 4.78 is 22.8. The number of aromatic nitrogens is 1. The molecular formula is C14H15N3O3S2. The molecule has 0 bridgehead atoms. The summed E-state index contributed by atoms with van der Waals surface area (Å²) in [6.07, 6.45) is 3.24. The third-order valence-corrected chi connectivity index (χ3v) is 5.07. The number of hydrogen-bond donors (Lipinski definition) is 2. The quantitative estimate of drug-likeness (QED) is 0.873. The minimum absolute atomic E-state index is 0.153. The Balaban J connectivity index is 1.68. The van der Waals surface area contributed by atoms with Gasteiger partial charge in [-0.05, 0) is 37.1 Å². The number of nitrogens with one attached hydrogen (secondary N) is 2. The summed E-state index contributed by atoms with van der Waals surface area (Å²) in [6.45, 7) is 0. The lowest BCUT2D eigenvalue weighted by atomic mass is 10.3. The highest BCUT2D eigenvalue weighted by atomic mass is 32.2. The first-order valence-electron chi connectivity index (χ1n) is 6.75. The van der Waals surface area contributed by atoms with E-state index in [1.165, 1.54) is 29.7 Å². The Kier molecular flexibility index (Phi) is 3.88. The van der Waals surface area contributed by atoms with Crippen molar-refractivity contribution in [2.75, 3.05) is 11.6 Å². The zero-order valence-electron chi connectivity index (χ0n) is 11.9. The van der Waals surface area contributed by atoms with Gasteiger partial charge in [0.05, 0.1) is 4.90 Å². The first kappa shape index (κ1) is 15.0. The normalized spacial score (nSPS) is 14.6. The summed E-state index contributed by atoms with van der Waals surface area (Å²) >= 11 is 1.33. The van der Waals surface area contributed by atoms with Crippen molar-refractivity contribution in [3.63, 3.8) is 0 Å². The van der Waals surface area contributed by atoms with Crippen LogP contribution in [0.4, 0.5) is 10.8 Å². The monoisotopic (exact) mass is 337 g/mol. The topological polar surface area (TPSA) is 88.2 Å². The van der Waals surface area contributed by atoms with Crippen LogP contribution in [0.3, 0.4) is 0 Å². The molecule has 2 N–H and O–H groups in total. The lowest BCUT2D eigenvalue weighted by Gasteiger charge is -2.04. The van der Waals surface area contributed by atoms with Crippen molar-refractivity contribution in [1.29, 1.82) is 0 Å². The number of rotatable bonds is 5. The average Bonchev–Trinajstić information content (AvgIpc) is 3.14. The number of nitrogens with zero attached hydrogens (tertiary/aromatic N) is 1. The van der Waals surface area contributed by atoms with Gasteiger partial charge in [-0.1, -0.05) is 0 Å². The second kappa shape index (κ2) is 5.69. The molecule has 0 aliphatic heterocycles. The molecule has 1 fully saturated rings. The van der Waals surface area contributed by atoms with E-state index in [1.54, 1.807) is 17.5 Å². The van der Waals surface area contributed by atoms with Gasteiger partial charge in [-0.2, -0.15) is 0 Å². The van der Waals surface area contributed by atoms with Crippen LogP contribution in [0, 0.1) is 0 Å². The molecule has 2 aromatic rings. The first-order chi connectivity index (χ1) is 10.4. The van der Waals surface area contributed by atoms with Crippen LogP contribution in [0.15, 0.2) is 34.5 Å². The summed E-state index contributed by atoms with van der Waals surface area (Å²) in [5.74, 6) is -0.153. The fourth-order valence-corrected chi connectivity index (χ4v) is 3.17. The summed E-state index contributed by atoms with van der Waals surface area (Å²) in [5.41, 5.74) is 1.11. The van der Waals surface area contributed by atoms with Crippen LogP contribution in [-0.2, 0) is 9.84 Å². The van der Waals surface area contributed by atoms with E-state index in [2.05, 4.69) is 15.6 Å². The Labute approximate surface area is 132 Å². The van der Waals surface area contributed by atoms with Crippen molar-refractivity contribution in [2.24, 2.45) is 0 Å². The minimum atomic E-state index is -3.20. The van der Waals surface area contributed by atoms with Crippen LogP contribution in [0.2, 0.25) is 0 Å². The highest BCUT2D eigenvalue weighted by Crippen LogP contribution is 2.23. The van der Waals surface area contributed by atoms with Crippen molar-refractivity contribution in [3.8, 4) is 0 Å². The van der Waals surface area contributed by atoms with E-state index < -0.39 is 9.84 Å². The molecule has 1 aliphatic rings. The lowest BCUT2D eigenvalue weighted by molar-refractivity contribution is 0.0947. The molecular weight excluding hydrogens is 322 g/mol. The SMILES string of the molecule is CS(=O)(=O)c1ccc(Nc2nc(C(=O)NC3CC3)cs2)cc1. The second-order valence-electron chi connectivity index (χ2n) is 5.21. The standard InChI is InChI=1S/C14H15N3O3S2/c1-22(19,20)11-6-4-10(5-7-11)16-14-17-12(8-21-14)13(18)15-9-2-3-9/h4-9H,2-3H2,1H3,(H,15,18)(H,16,17). The molecule has 1 amide bonds. The summed E-state index contributed by atoms with van der Waals surface area (Å²) in [5, 5.41) is 8.23. The van der Waals surface area contributed by atoms with E-state index >= 15 is 0 Å². The molecule has 22 heavy (non-hydrogen) atoms. The van der Waals surface area contributed by atoms with Crippen molar-refractivity contribution >= 4 is 37.9 Å². The van der Waals surface area contributed by atoms with Gasteiger partial charge in [0.2, 0.25) is 0 Å². The fourth-order valence-electron chi connectivity index (χ4n) is 1.83. The van der Waals surface area contributed by atoms with E-state index in [-0.39, 0.29) is 10.8 Å². The summed E-state index contributed by atoms with van der Waals surface area (Å²) in [7, 11) is -3.20. The zero-order chi connectivity index (χ0) is 15.7. The maximum atomic E-state index is 11.9. The Bertz CT molecular complexity index is 793. The molecule has 1 heterocycles. The highest BCUT2D eigenvalue weighted by molar-refractivity contribution is 7.90. The smallest absolute Gasteiger partial charge is 0.271 e. The largest absolute Gasteiger partial charge is 0.348 e. The molecule has 1 saturated carbocycles. The second-order valence-corrected chi connectivity index (χ2v) is 8.08. The van der Waals surface area contributed by atoms with Crippen LogP contribution in [0.5, 0.6) is 0 Å². The van der Waals surface area contributed by atoms with Gasteiger partial charge in [-0.25, -0.2) is 13.4 Å². The van der Waals surface area contributed by atoms with Gasteiger partial charge in [0, 0.05) is 23.4 Å². The molecule has 6 nitrogen and oxygen atoms in total. The number of benzene rings is 1. The number of carbonyl (C=O) groups is 1. The summed E-state index contributed by atoms with van der Waals surface area (Å²) in [6, 6.07) is 6.70. The van der Waals surface area contributed by atoms with Crippen LogP contribution in [0.1, 0.15) is 23.3 Å². The van der Waals surface area contributed by atoms with Gasteiger partial charge in [0.15, 0.2) is 15.0 Å². The highest BCUT2D eigenvalue weighted by Gasteiger charge is 2.24. The molecule has 1 aromatic carbocycles. The number of amides is 1. The van der Waals surface area contributed by atoms with E-state index in [0.29, 0.717) is 16.9 Å². The maximum Gasteiger partial charge on any atom is 0.271 e. The van der Waals surface area contributed by atoms with Gasteiger partial charge in [0.1, 0.15) is 5.69 Å². The van der Waals surface area contributed by atoms with Crippen LogP contribution < -0.4 is 10.6 Å². The van der Waals surface area contributed by atoms with Gasteiger partial charge in [0.25, 0.3) is 5.91 Å². The van der Waals surface area contributed by atoms with Crippen molar-refractivity contribution in [2.45, 2.75) is 23.8 Å². The van der Waals surface area contributed by atoms with Crippen molar-refractivity contribution in [1.82, 2.24) is 10.3 Å². The third kappa shape index (κ3) is 3.63. The minimum Gasteiger partial charge on any atom is -0.348 e. The van der Waals surface area contributed by atoms with Gasteiger partial charge in [-0.3, -0.25) is 4.79 Å². The Morgan fingerprint density at radius 2 is 1.95 bits per heavy atom. The lowest BCUT2D eigenvalue weighted by Crippen LogP contribution is -2.25. The Morgan fingerprint density at radius 1 is 1.27 bits per heavy atom. The van der Waals surface area contributed by atoms with Crippen LogP contribution >= 0.6 is 11.3 Å². The zero-order valence-corrected chi connectivity index (χ0v) is 13.5. The van der Waals surface area contributed by atoms with Gasteiger partial charge < -0.3 is 10.6 Å². The van der Waals surface area contributed by atoms with E-state index in [0.717, 1.165) is 18.5 Å². The van der Waals surface area contributed by atoms with E-state index in [9.17, 15) is 13.2 Å². The van der Waals surface area contributed by atoms with Crippen LogP contribution in [0.25, 0.3) is 0 Å². The molecule has 0 atom stereocenters. The van der Waals surface area contributed by atoms with E-state index in [4.69, 9.17) is 0 Å². The Morgan fingerprint density at radius 3 is 2.55 bits per heavy atom. The number of anilines is 2. The Hall–Kier alpha value is -1.93. The summed E-state index contributed by atoms with van der Waals surface area (Å²) in [4.78, 5) is 16.4. The molecule has 0 saturated heterocycles. The third-order valence-electron chi connectivity index (χ3n) is 3.18. The number of carbonyl (C=O) groups excluding carboxylic acids is 1. The maximum absolute atomic E-state index is 11.9. The van der Waals surface area contributed by atoms with Gasteiger partial charge >= 0.3 is 0 Å².